The number of hydrogen-bond acceptors (Lipinski definition) is 5. The van der Waals surface area contributed by atoms with Gasteiger partial charge in [-0.1, -0.05) is 35.5 Å². The van der Waals surface area contributed by atoms with Crippen LogP contribution in [-0.2, 0) is 13.0 Å². The molecule has 2 aromatic rings. The van der Waals surface area contributed by atoms with Gasteiger partial charge in [-0.2, -0.15) is 4.98 Å². The third-order valence-electron chi connectivity index (χ3n) is 3.91. The van der Waals surface area contributed by atoms with Crippen LogP contribution in [0.25, 0.3) is 0 Å². The fourth-order valence-electron chi connectivity index (χ4n) is 2.79. The topological polar surface area (TPSA) is 54.2 Å². The first-order chi connectivity index (χ1) is 10.3. The predicted molar refractivity (Wildman–Crippen MR) is 80.9 cm³/mol. The molecule has 1 N–H and O–H groups in total. The molecule has 0 amide bonds. The summed E-state index contributed by atoms with van der Waals surface area (Å²) < 4.78 is 5.29. The molecule has 1 fully saturated rings. The maximum atomic E-state index is 5.29. The molecular formula is C16H22N4O. The molecule has 2 heterocycles. The Balaban J connectivity index is 1.44. The lowest BCUT2D eigenvalue weighted by molar-refractivity contribution is 0.352. The van der Waals surface area contributed by atoms with Gasteiger partial charge < -0.3 is 14.7 Å². The van der Waals surface area contributed by atoms with E-state index in [1.54, 1.807) is 0 Å². The lowest BCUT2D eigenvalue weighted by Crippen LogP contribution is -2.24. The van der Waals surface area contributed by atoms with E-state index < -0.39 is 0 Å². The summed E-state index contributed by atoms with van der Waals surface area (Å²) in [5, 5.41) is 7.46. The van der Waals surface area contributed by atoms with E-state index in [9.17, 15) is 0 Å². The highest BCUT2D eigenvalue weighted by Gasteiger charge is 2.19. The Bertz CT molecular complexity index is 554. The zero-order valence-electron chi connectivity index (χ0n) is 12.5. The Kier molecular flexibility index (Phi) is 4.62. The summed E-state index contributed by atoms with van der Waals surface area (Å²) in [4.78, 5) is 6.81. The fourth-order valence-corrected chi connectivity index (χ4v) is 2.79. The molecule has 1 saturated heterocycles. The normalized spacial score (nSPS) is 19.2. The van der Waals surface area contributed by atoms with Crippen LogP contribution in [0.15, 0.2) is 34.9 Å². The minimum absolute atomic E-state index is 0.655. The summed E-state index contributed by atoms with van der Waals surface area (Å²) in [6, 6.07) is 10.2. The number of aromatic nitrogens is 2. The van der Waals surface area contributed by atoms with Crippen LogP contribution < -0.4 is 5.32 Å². The molecule has 1 aliphatic rings. The first-order valence-electron chi connectivity index (χ1n) is 7.54. The van der Waals surface area contributed by atoms with Crippen LogP contribution in [0.3, 0.4) is 0 Å². The summed E-state index contributed by atoms with van der Waals surface area (Å²) >= 11 is 0. The number of likely N-dealkylation sites (tertiary alicyclic amines) is 1. The van der Waals surface area contributed by atoms with Crippen LogP contribution in [0.1, 0.15) is 23.7 Å². The summed E-state index contributed by atoms with van der Waals surface area (Å²) in [7, 11) is 2.17. The standard InChI is InChI=1S/C16H22N4O/c1-20-8-7-14(12-20)10-17-11-16-18-15(19-21-16)9-13-5-3-2-4-6-13/h2-6,14,17H,7-12H2,1H3. The SMILES string of the molecule is CN1CCC(CNCc2nc(Cc3ccccc3)no2)C1. The van der Waals surface area contributed by atoms with E-state index in [1.807, 2.05) is 18.2 Å². The van der Waals surface area contributed by atoms with Crippen LogP contribution >= 0.6 is 0 Å². The largest absolute Gasteiger partial charge is 0.338 e. The van der Waals surface area contributed by atoms with Crippen LogP contribution in [0, 0.1) is 5.92 Å². The minimum atomic E-state index is 0.655. The Morgan fingerprint density at radius 1 is 1.33 bits per heavy atom. The molecule has 0 spiro atoms. The first-order valence-corrected chi connectivity index (χ1v) is 7.54. The molecule has 0 bridgehead atoms. The molecular weight excluding hydrogens is 264 g/mol. The number of hydrogen-bond donors (Lipinski definition) is 1. The van der Waals surface area contributed by atoms with Gasteiger partial charge in [0.25, 0.3) is 0 Å². The Morgan fingerprint density at radius 2 is 2.19 bits per heavy atom. The first kappa shape index (κ1) is 14.2. The molecule has 112 valence electrons. The second-order valence-corrected chi connectivity index (χ2v) is 5.81. The number of nitrogens with zero attached hydrogens (tertiary/aromatic N) is 3. The van der Waals surface area contributed by atoms with Gasteiger partial charge in [-0.05, 0) is 38.0 Å². The van der Waals surface area contributed by atoms with Crippen LogP contribution in [-0.4, -0.2) is 41.7 Å². The number of nitrogens with one attached hydrogen (secondary N) is 1. The van der Waals surface area contributed by atoms with Crippen molar-refractivity contribution in [3.63, 3.8) is 0 Å². The maximum absolute atomic E-state index is 5.29. The number of benzene rings is 1. The Morgan fingerprint density at radius 3 is 2.95 bits per heavy atom. The van der Waals surface area contributed by atoms with E-state index in [4.69, 9.17) is 4.52 Å². The third kappa shape index (κ3) is 4.12. The minimum Gasteiger partial charge on any atom is -0.338 e. The summed E-state index contributed by atoms with van der Waals surface area (Å²) in [6.07, 6.45) is 1.99. The van der Waals surface area contributed by atoms with Gasteiger partial charge in [-0.15, -0.1) is 0 Å². The summed E-state index contributed by atoms with van der Waals surface area (Å²) in [5.41, 5.74) is 1.20. The van der Waals surface area contributed by atoms with Gasteiger partial charge in [0.1, 0.15) is 0 Å². The molecule has 5 heteroatoms. The highest BCUT2D eigenvalue weighted by molar-refractivity contribution is 5.18. The van der Waals surface area contributed by atoms with Crippen LogP contribution in [0.2, 0.25) is 0 Å². The zero-order valence-corrected chi connectivity index (χ0v) is 12.5. The second-order valence-electron chi connectivity index (χ2n) is 5.81. The van der Waals surface area contributed by atoms with Gasteiger partial charge in [-0.25, -0.2) is 0 Å². The number of rotatable bonds is 6. The van der Waals surface area contributed by atoms with E-state index in [2.05, 4.69) is 39.5 Å². The van der Waals surface area contributed by atoms with Crippen molar-refractivity contribution < 1.29 is 4.52 Å². The van der Waals surface area contributed by atoms with Gasteiger partial charge in [0, 0.05) is 13.0 Å². The van der Waals surface area contributed by atoms with E-state index in [-0.39, 0.29) is 0 Å². The molecule has 3 rings (SSSR count). The molecule has 0 saturated carbocycles. The fraction of sp³-hybridized carbons (Fsp3) is 0.500. The van der Waals surface area contributed by atoms with Gasteiger partial charge in [0.05, 0.1) is 6.54 Å². The smallest absolute Gasteiger partial charge is 0.240 e. The van der Waals surface area contributed by atoms with Gasteiger partial charge in [0.2, 0.25) is 5.89 Å². The van der Waals surface area contributed by atoms with Gasteiger partial charge >= 0.3 is 0 Å². The summed E-state index contributed by atoms with van der Waals surface area (Å²) in [6.45, 7) is 4.05. The monoisotopic (exact) mass is 286 g/mol. The predicted octanol–water partition coefficient (Wildman–Crippen LogP) is 1.70. The van der Waals surface area contributed by atoms with Gasteiger partial charge in [0.15, 0.2) is 5.82 Å². The molecule has 1 unspecified atom stereocenters. The molecule has 5 nitrogen and oxygen atoms in total. The highest BCUT2D eigenvalue weighted by atomic mass is 16.5. The average Bonchev–Trinajstić information content (AvgIpc) is 3.10. The molecule has 21 heavy (non-hydrogen) atoms. The zero-order chi connectivity index (χ0) is 14.5. The quantitative estimate of drug-likeness (QED) is 0.876. The van der Waals surface area contributed by atoms with E-state index in [1.165, 1.54) is 25.1 Å². The molecule has 1 aromatic heterocycles. The van der Waals surface area contributed by atoms with E-state index in [0.29, 0.717) is 12.4 Å². The van der Waals surface area contributed by atoms with Crippen molar-refractivity contribution in [2.45, 2.75) is 19.4 Å². The van der Waals surface area contributed by atoms with Crippen molar-refractivity contribution in [2.24, 2.45) is 5.92 Å². The molecule has 1 atom stereocenters. The Hall–Kier alpha value is -1.72. The lowest BCUT2D eigenvalue weighted by Gasteiger charge is -2.10. The van der Waals surface area contributed by atoms with E-state index >= 15 is 0 Å². The summed E-state index contributed by atoms with van der Waals surface area (Å²) in [5.74, 6) is 2.16. The van der Waals surface area contributed by atoms with Crippen molar-refractivity contribution in [2.75, 3.05) is 26.7 Å². The Labute approximate surface area is 125 Å². The van der Waals surface area contributed by atoms with Gasteiger partial charge in [-0.3, -0.25) is 0 Å². The molecule has 1 aromatic carbocycles. The van der Waals surface area contributed by atoms with E-state index in [0.717, 1.165) is 24.7 Å². The van der Waals surface area contributed by atoms with Crippen molar-refractivity contribution in [3.05, 3.63) is 47.6 Å². The highest BCUT2D eigenvalue weighted by Crippen LogP contribution is 2.13. The lowest BCUT2D eigenvalue weighted by atomic mass is 10.1. The molecule has 1 aliphatic heterocycles. The van der Waals surface area contributed by atoms with Crippen molar-refractivity contribution in [3.8, 4) is 0 Å². The van der Waals surface area contributed by atoms with Crippen molar-refractivity contribution in [1.82, 2.24) is 20.4 Å². The third-order valence-corrected chi connectivity index (χ3v) is 3.91. The second kappa shape index (κ2) is 6.83. The van der Waals surface area contributed by atoms with Crippen molar-refractivity contribution >= 4 is 0 Å². The van der Waals surface area contributed by atoms with Crippen LogP contribution in [0.4, 0.5) is 0 Å². The van der Waals surface area contributed by atoms with Crippen molar-refractivity contribution in [1.29, 1.82) is 0 Å². The molecule has 0 aliphatic carbocycles. The molecule has 0 radical (unpaired) electrons. The maximum Gasteiger partial charge on any atom is 0.240 e. The average molecular weight is 286 g/mol. The van der Waals surface area contributed by atoms with Crippen LogP contribution in [0.5, 0.6) is 0 Å².